The minimum atomic E-state index is -0.917. The molecule has 158 valence electrons. The highest BCUT2D eigenvalue weighted by molar-refractivity contribution is 9.10. The van der Waals surface area contributed by atoms with Crippen LogP contribution >= 0.6 is 28.3 Å². The standard InChI is InChI=1S/C21H23BrF2N2O2.ClH/c1-13(27)26-19(9-14-7-17(23)11-18(24)8-14)20(28)12-25-21(5-6-21)15-3-2-4-16(22)10-15;/h2-4,7-8,10-11,19-20,25,28H,5-6,9,12H2,1H3,(H,26,27);1H/t19-,20+;/m0./s1. The summed E-state index contributed by atoms with van der Waals surface area (Å²) in [6.45, 7) is 1.60. The molecule has 0 aromatic heterocycles. The number of aliphatic hydroxyl groups excluding tert-OH is 1. The number of hydrogen-bond donors (Lipinski definition) is 3. The molecule has 1 amide bonds. The number of benzene rings is 2. The van der Waals surface area contributed by atoms with E-state index in [9.17, 15) is 18.7 Å². The number of rotatable bonds is 8. The van der Waals surface area contributed by atoms with E-state index in [2.05, 4.69) is 26.6 Å². The van der Waals surface area contributed by atoms with Crippen molar-refractivity contribution in [3.63, 3.8) is 0 Å². The van der Waals surface area contributed by atoms with Crippen molar-refractivity contribution < 1.29 is 18.7 Å². The lowest BCUT2D eigenvalue weighted by molar-refractivity contribution is -0.120. The minimum absolute atomic E-state index is 0. The topological polar surface area (TPSA) is 61.4 Å². The fourth-order valence-electron chi connectivity index (χ4n) is 3.45. The lowest BCUT2D eigenvalue weighted by Crippen LogP contribution is -2.49. The number of halogens is 4. The van der Waals surface area contributed by atoms with Crippen LogP contribution in [-0.2, 0) is 16.8 Å². The lowest BCUT2D eigenvalue weighted by Gasteiger charge is -2.27. The second-order valence-corrected chi connectivity index (χ2v) is 8.25. The van der Waals surface area contributed by atoms with Crippen molar-refractivity contribution in [1.82, 2.24) is 10.6 Å². The zero-order valence-corrected chi connectivity index (χ0v) is 18.3. The first-order valence-electron chi connectivity index (χ1n) is 9.19. The van der Waals surface area contributed by atoms with Gasteiger partial charge >= 0.3 is 0 Å². The molecule has 1 fully saturated rings. The Morgan fingerprint density at radius 1 is 1.21 bits per heavy atom. The summed E-state index contributed by atoms with van der Waals surface area (Å²) < 4.78 is 27.9. The van der Waals surface area contributed by atoms with Gasteiger partial charge in [0.05, 0.1) is 12.1 Å². The fraction of sp³-hybridized carbons (Fsp3) is 0.381. The maximum Gasteiger partial charge on any atom is 0.217 e. The van der Waals surface area contributed by atoms with Crippen LogP contribution in [0.3, 0.4) is 0 Å². The molecule has 2 aromatic carbocycles. The number of nitrogens with one attached hydrogen (secondary N) is 2. The van der Waals surface area contributed by atoms with E-state index in [-0.39, 0.29) is 36.8 Å². The molecule has 1 saturated carbocycles. The molecule has 3 N–H and O–H groups in total. The summed E-state index contributed by atoms with van der Waals surface area (Å²) >= 11 is 3.48. The van der Waals surface area contributed by atoms with Crippen LogP contribution < -0.4 is 10.6 Å². The SMILES string of the molecule is CC(=O)N[C@@H](Cc1cc(F)cc(F)c1)[C@H](O)CNC1(c2cccc(Br)c2)CC1.Cl. The second kappa shape index (κ2) is 9.98. The molecule has 0 heterocycles. The number of aliphatic hydroxyl groups is 1. The Morgan fingerprint density at radius 2 is 1.86 bits per heavy atom. The summed E-state index contributed by atoms with van der Waals surface area (Å²) in [4.78, 5) is 11.6. The molecule has 2 atom stereocenters. The zero-order chi connectivity index (χ0) is 20.3. The third-order valence-corrected chi connectivity index (χ3v) is 5.50. The predicted octanol–water partition coefficient (Wildman–Crippen LogP) is 3.84. The molecule has 2 aromatic rings. The molecule has 0 aliphatic heterocycles. The van der Waals surface area contributed by atoms with E-state index in [1.54, 1.807) is 0 Å². The van der Waals surface area contributed by atoms with Gasteiger partial charge in [-0.05, 0) is 54.7 Å². The maximum atomic E-state index is 13.5. The predicted molar refractivity (Wildman–Crippen MR) is 114 cm³/mol. The molecule has 0 radical (unpaired) electrons. The smallest absolute Gasteiger partial charge is 0.217 e. The summed E-state index contributed by atoms with van der Waals surface area (Å²) in [6.07, 6.45) is 1.12. The molecular formula is C21H24BrClF2N2O2. The van der Waals surface area contributed by atoms with Gasteiger partial charge in [-0.2, -0.15) is 0 Å². The van der Waals surface area contributed by atoms with Crippen molar-refractivity contribution in [2.24, 2.45) is 0 Å². The highest BCUT2D eigenvalue weighted by Gasteiger charge is 2.44. The third kappa shape index (κ3) is 6.47. The van der Waals surface area contributed by atoms with Gasteiger partial charge in [0.2, 0.25) is 5.91 Å². The summed E-state index contributed by atoms with van der Waals surface area (Å²) in [5, 5.41) is 16.8. The molecule has 0 bridgehead atoms. The van der Waals surface area contributed by atoms with E-state index in [1.165, 1.54) is 19.1 Å². The second-order valence-electron chi connectivity index (χ2n) is 7.33. The molecule has 3 rings (SSSR count). The van der Waals surface area contributed by atoms with E-state index in [0.717, 1.165) is 28.9 Å². The Kier molecular flexibility index (Phi) is 8.17. The van der Waals surface area contributed by atoms with Crippen LogP contribution in [0.15, 0.2) is 46.9 Å². The summed E-state index contributed by atoms with van der Waals surface area (Å²) in [7, 11) is 0. The quantitative estimate of drug-likeness (QED) is 0.528. The maximum absolute atomic E-state index is 13.5. The number of carbonyl (C=O) groups excluding carboxylic acids is 1. The normalized spacial score (nSPS) is 16.4. The third-order valence-electron chi connectivity index (χ3n) is 5.01. The van der Waals surface area contributed by atoms with Crippen molar-refractivity contribution in [3.05, 3.63) is 69.7 Å². The molecule has 1 aliphatic rings. The van der Waals surface area contributed by atoms with Crippen LogP contribution in [0.25, 0.3) is 0 Å². The van der Waals surface area contributed by atoms with Crippen LogP contribution in [0.5, 0.6) is 0 Å². The molecule has 0 unspecified atom stereocenters. The molecule has 0 saturated heterocycles. The molecule has 1 aliphatic carbocycles. The van der Waals surface area contributed by atoms with Gasteiger partial charge in [-0.1, -0.05) is 28.1 Å². The highest BCUT2D eigenvalue weighted by atomic mass is 79.9. The number of amides is 1. The van der Waals surface area contributed by atoms with Gasteiger partial charge in [-0.3, -0.25) is 4.79 Å². The largest absolute Gasteiger partial charge is 0.390 e. The zero-order valence-electron chi connectivity index (χ0n) is 15.9. The lowest BCUT2D eigenvalue weighted by atomic mass is 9.99. The summed E-state index contributed by atoms with van der Waals surface area (Å²) in [5.41, 5.74) is 1.33. The minimum Gasteiger partial charge on any atom is -0.390 e. The van der Waals surface area contributed by atoms with Crippen molar-refractivity contribution in [3.8, 4) is 0 Å². The van der Waals surface area contributed by atoms with Crippen molar-refractivity contribution in [1.29, 1.82) is 0 Å². The molecule has 29 heavy (non-hydrogen) atoms. The van der Waals surface area contributed by atoms with Crippen LogP contribution in [-0.4, -0.2) is 29.7 Å². The fourth-order valence-corrected chi connectivity index (χ4v) is 3.85. The van der Waals surface area contributed by atoms with Crippen molar-refractivity contribution in [2.45, 2.75) is 43.9 Å². The Labute approximate surface area is 183 Å². The van der Waals surface area contributed by atoms with Gasteiger partial charge < -0.3 is 15.7 Å². The molecular weight excluding hydrogens is 466 g/mol. The van der Waals surface area contributed by atoms with Gasteiger partial charge in [0.1, 0.15) is 11.6 Å². The van der Waals surface area contributed by atoms with Gasteiger partial charge in [0.15, 0.2) is 0 Å². The molecule has 8 heteroatoms. The van der Waals surface area contributed by atoms with Crippen LogP contribution in [0.1, 0.15) is 30.9 Å². The van der Waals surface area contributed by atoms with E-state index in [0.29, 0.717) is 5.56 Å². The highest BCUT2D eigenvalue weighted by Crippen LogP contribution is 2.45. The van der Waals surface area contributed by atoms with E-state index in [1.807, 2.05) is 24.3 Å². The summed E-state index contributed by atoms with van der Waals surface area (Å²) in [5.74, 6) is -1.68. The van der Waals surface area contributed by atoms with Gasteiger partial charge in [-0.25, -0.2) is 8.78 Å². The van der Waals surface area contributed by atoms with Crippen LogP contribution in [0.4, 0.5) is 8.78 Å². The monoisotopic (exact) mass is 488 g/mol. The number of carbonyl (C=O) groups is 1. The van der Waals surface area contributed by atoms with E-state index >= 15 is 0 Å². The Hall–Kier alpha value is -1.54. The Bertz CT molecular complexity index is 844. The molecule has 4 nitrogen and oxygen atoms in total. The Balaban J connectivity index is 0.00000300. The van der Waals surface area contributed by atoms with Crippen LogP contribution in [0, 0.1) is 11.6 Å². The van der Waals surface area contributed by atoms with Gasteiger partial charge in [0, 0.05) is 29.5 Å². The van der Waals surface area contributed by atoms with Crippen LogP contribution in [0.2, 0.25) is 0 Å². The Morgan fingerprint density at radius 3 is 2.41 bits per heavy atom. The van der Waals surface area contributed by atoms with Crippen molar-refractivity contribution >= 4 is 34.2 Å². The summed E-state index contributed by atoms with van der Waals surface area (Å²) in [6, 6.07) is 10.6. The van der Waals surface area contributed by atoms with Gasteiger partial charge in [0.25, 0.3) is 0 Å². The van der Waals surface area contributed by atoms with Crippen molar-refractivity contribution in [2.75, 3.05) is 6.54 Å². The first-order chi connectivity index (χ1) is 13.3. The van der Waals surface area contributed by atoms with Gasteiger partial charge in [-0.15, -0.1) is 12.4 Å². The van der Waals surface area contributed by atoms with E-state index in [4.69, 9.17) is 0 Å². The number of hydrogen-bond acceptors (Lipinski definition) is 3. The first-order valence-corrected chi connectivity index (χ1v) is 9.98. The van der Waals surface area contributed by atoms with E-state index < -0.39 is 23.8 Å². The average molecular weight is 490 g/mol. The average Bonchev–Trinajstić information content (AvgIpc) is 3.39. The molecule has 0 spiro atoms. The first kappa shape index (κ1) is 23.7.